The van der Waals surface area contributed by atoms with Crippen molar-refractivity contribution < 1.29 is 0 Å². The van der Waals surface area contributed by atoms with E-state index in [1.165, 1.54) is 18.8 Å². The van der Waals surface area contributed by atoms with Crippen LogP contribution in [0.2, 0.25) is 10.4 Å². The predicted octanol–water partition coefficient (Wildman–Crippen LogP) is 2.65. The maximum atomic E-state index is 4.37. The van der Waals surface area contributed by atoms with Crippen LogP contribution in [0.3, 0.4) is 0 Å². The first-order chi connectivity index (χ1) is 7.98. The summed E-state index contributed by atoms with van der Waals surface area (Å²) in [5, 5.41) is 3.42. The number of anilines is 2. The zero-order valence-corrected chi connectivity index (χ0v) is 12.9. The number of aromatic nitrogens is 1. The van der Waals surface area contributed by atoms with Crippen LogP contribution < -0.4 is 10.2 Å². The number of nitrogens with zero attached hydrogens (tertiary/aromatic N) is 2. The molecule has 0 bridgehead atoms. The van der Waals surface area contributed by atoms with E-state index < -0.39 is 0 Å². The second kappa shape index (κ2) is 4.89. The third-order valence-corrected chi connectivity index (χ3v) is 5.06. The Balaban J connectivity index is 2.03. The molecule has 0 saturated carbocycles. The van der Waals surface area contributed by atoms with Gasteiger partial charge in [0.2, 0.25) is 0 Å². The van der Waals surface area contributed by atoms with E-state index in [0.717, 1.165) is 10.5 Å². The molecule has 1 aromatic heterocycles. The number of nitrogens with one attached hydrogen (secondary N) is 1. The molecule has 0 aliphatic carbocycles. The van der Waals surface area contributed by atoms with Crippen molar-refractivity contribution in [2.24, 2.45) is 0 Å². The monoisotopic (exact) mass is 294 g/mol. The molecule has 1 aliphatic heterocycles. The van der Waals surface area contributed by atoms with E-state index in [4.69, 9.17) is 0 Å². The van der Waals surface area contributed by atoms with Crippen LogP contribution in [0.5, 0.6) is 0 Å². The van der Waals surface area contributed by atoms with Gasteiger partial charge in [-0.2, -0.15) is 0 Å². The maximum absolute atomic E-state index is 4.37. The molecule has 1 fully saturated rings. The number of hydrogen-bond donors (Lipinski definition) is 1. The zero-order valence-electron chi connectivity index (χ0n) is 11.1. The van der Waals surface area contributed by atoms with Crippen LogP contribution in [0.15, 0.2) is 18.3 Å². The van der Waals surface area contributed by atoms with Crippen LogP contribution in [-0.2, 0) is 0 Å². The Kier molecular flexibility index (Phi) is 3.67. The number of pyridine rings is 1. The summed E-state index contributed by atoms with van der Waals surface area (Å²) < 4.78 is 0.971. The average molecular weight is 294 g/mol. The molecule has 1 N–H and O–H groups in total. The van der Waals surface area contributed by atoms with E-state index >= 15 is 0 Å². The zero-order chi connectivity index (χ0) is 12.5. The third-order valence-electron chi connectivity index (χ3n) is 2.84. The molecule has 1 saturated heterocycles. The van der Waals surface area contributed by atoms with Gasteiger partial charge in [0.1, 0.15) is 0 Å². The summed E-state index contributed by atoms with van der Waals surface area (Å²) in [5.74, 6) is 0.975. The summed E-state index contributed by atoms with van der Waals surface area (Å²) >= 11 is 0.538. The van der Waals surface area contributed by atoms with Gasteiger partial charge in [0.25, 0.3) is 0 Å². The Morgan fingerprint density at radius 2 is 2.12 bits per heavy atom. The molecule has 3 nitrogen and oxygen atoms in total. The van der Waals surface area contributed by atoms with Gasteiger partial charge in [-0.3, -0.25) is 0 Å². The normalized spacial score (nSPS) is 17.5. The Hall–Kier alpha value is -0.692. The van der Waals surface area contributed by atoms with Crippen LogP contribution in [0.4, 0.5) is 11.5 Å². The average Bonchev–Trinajstić information content (AvgIpc) is 2.13. The summed E-state index contributed by atoms with van der Waals surface area (Å²) in [6, 6.07) is 4.27. The summed E-state index contributed by atoms with van der Waals surface area (Å²) in [4.78, 5) is 6.82. The Labute approximate surface area is 111 Å². The Bertz CT molecular complexity index is 380. The van der Waals surface area contributed by atoms with Crippen molar-refractivity contribution in [3.05, 3.63) is 18.3 Å². The summed E-state index contributed by atoms with van der Waals surface area (Å²) in [6.07, 6.45) is 1.90. The minimum absolute atomic E-state index is 0.0667. The standard InChI is InChI=1S/C13H21AsN3/c1-13(2,3)16-12-7-11(5-6-15-12)17-8-10(9-17)14-4/h5-7,10H,8-9H2,1-4H3,(H,15,16). The quantitative estimate of drug-likeness (QED) is 0.869. The van der Waals surface area contributed by atoms with Gasteiger partial charge in [-0.1, -0.05) is 0 Å². The fourth-order valence-electron chi connectivity index (χ4n) is 1.90. The topological polar surface area (TPSA) is 28.2 Å². The van der Waals surface area contributed by atoms with Crippen LogP contribution in [0.1, 0.15) is 20.8 Å². The molecular weight excluding hydrogens is 273 g/mol. The number of hydrogen-bond acceptors (Lipinski definition) is 3. The molecule has 0 aromatic carbocycles. The second-order valence-corrected chi connectivity index (χ2v) is 8.21. The van der Waals surface area contributed by atoms with E-state index in [0.29, 0.717) is 15.8 Å². The summed E-state index contributed by atoms with van der Waals surface area (Å²) in [6.45, 7) is 8.93. The van der Waals surface area contributed by atoms with Crippen molar-refractivity contribution in [1.82, 2.24) is 4.98 Å². The summed E-state index contributed by atoms with van der Waals surface area (Å²) in [7, 11) is 0. The van der Waals surface area contributed by atoms with Crippen molar-refractivity contribution in [3.8, 4) is 0 Å². The summed E-state index contributed by atoms with van der Waals surface area (Å²) in [5.41, 5.74) is 3.73. The first-order valence-electron chi connectivity index (χ1n) is 6.06. The van der Waals surface area contributed by atoms with Gasteiger partial charge in [0, 0.05) is 0 Å². The Morgan fingerprint density at radius 1 is 1.41 bits per heavy atom. The Morgan fingerprint density at radius 3 is 2.71 bits per heavy atom. The SMILES string of the molecule is C[As]C1CN(c2ccnc(NC(C)(C)C)c2)C1. The van der Waals surface area contributed by atoms with Gasteiger partial charge in [0.15, 0.2) is 0 Å². The van der Waals surface area contributed by atoms with E-state index in [-0.39, 0.29) is 5.54 Å². The molecule has 17 heavy (non-hydrogen) atoms. The first kappa shape index (κ1) is 12.8. The van der Waals surface area contributed by atoms with Gasteiger partial charge in [-0.25, -0.2) is 0 Å². The van der Waals surface area contributed by atoms with Crippen molar-refractivity contribution in [2.45, 2.75) is 36.7 Å². The number of rotatable bonds is 3. The van der Waals surface area contributed by atoms with Crippen molar-refractivity contribution in [3.63, 3.8) is 0 Å². The van der Waals surface area contributed by atoms with Crippen molar-refractivity contribution in [1.29, 1.82) is 0 Å². The van der Waals surface area contributed by atoms with E-state index in [9.17, 15) is 0 Å². The van der Waals surface area contributed by atoms with Gasteiger partial charge < -0.3 is 0 Å². The molecular formula is C13H21AsN3. The molecule has 1 aromatic rings. The predicted molar refractivity (Wildman–Crippen MR) is 75.2 cm³/mol. The van der Waals surface area contributed by atoms with Crippen LogP contribution in [0.25, 0.3) is 0 Å². The molecule has 0 amide bonds. The van der Waals surface area contributed by atoms with Crippen LogP contribution in [0, 0.1) is 0 Å². The van der Waals surface area contributed by atoms with Gasteiger partial charge in [0.05, 0.1) is 0 Å². The van der Waals surface area contributed by atoms with E-state index in [1.807, 2.05) is 6.20 Å². The molecule has 1 radical (unpaired) electrons. The minimum atomic E-state index is 0.0667. The third kappa shape index (κ3) is 3.38. The van der Waals surface area contributed by atoms with Gasteiger partial charge in [-0.15, -0.1) is 0 Å². The fourth-order valence-corrected chi connectivity index (χ4v) is 3.41. The van der Waals surface area contributed by atoms with E-state index in [1.54, 1.807) is 0 Å². The van der Waals surface area contributed by atoms with Crippen molar-refractivity contribution in [2.75, 3.05) is 23.3 Å². The molecule has 0 spiro atoms. The fraction of sp³-hybridized carbons (Fsp3) is 0.615. The molecule has 1 aliphatic rings. The van der Waals surface area contributed by atoms with E-state index in [2.05, 4.69) is 53.8 Å². The molecule has 0 unspecified atom stereocenters. The molecule has 2 rings (SSSR count). The first-order valence-corrected chi connectivity index (χ1v) is 9.02. The molecule has 93 valence electrons. The van der Waals surface area contributed by atoms with Gasteiger partial charge in [-0.05, 0) is 0 Å². The van der Waals surface area contributed by atoms with Crippen molar-refractivity contribution >= 4 is 27.3 Å². The molecule has 4 heteroatoms. The second-order valence-electron chi connectivity index (χ2n) is 5.59. The molecule has 2 heterocycles. The van der Waals surface area contributed by atoms with Gasteiger partial charge >= 0.3 is 111 Å². The molecule has 0 atom stereocenters. The van der Waals surface area contributed by atoms with Crippen LogP contribution in [-0.4, -0.2) is 39.4 Å². The van der Waals surface area contributed by atoms with Crippen LogP contribution >= 0.6 is 0 Å².